The van der Waals surface area contributed by atoms with Crippen molar-refractivity contribution in [2.45, 2.75) is 0 Å². The Kier molecular flexibility index (Phi) is 3.97. The molecule has 0 unspecified atom stereocenters. The van der Waals surface area contributed by atoms with E-state index in [9.17, 15) is 9.50 Å². The van der Waals surface area contributed by atoms with Crippen molar-refractivity contribution in [3.63, 3.8) is 0 Å². The first kappa shape index (κ1) is 18.2. The van der Waals surface area contributed by atoms with Gasteiger partial charge in [0.15, 0.2) is 5.65 Å². The van der Waals surface area contributed by atoms with Gasteiger partial charge in [-0.2, -0.15) is 5.10 Å². The van der Waals surface area contributed by atoms with Gasteiger partial charge < -0.3 is 10.1 Å². The van der Waals surface area contributed by atoms with E-state index in [1.807, 2.05) is 30.3 Å². The fraction of sp³-hybridized carbons (Fsp3) is 0. The van der Waals surface area contributed by atoms with Gasteiger partial charge >= 0.3 is 0 Å². The molecule has 0 aliphatic rings. The van der Waals surface area contributed by atoms with Crippen molar-refractivity contribution < 1.29 is 9.50 Å². The molecule has 8 heteroatoms. The van der Waals surface area contributed by atoms with Crippen LogP contribution in [0.2, 0.25) is 0 Å². The molecule has 6 aromatic rings. The Hall–Kier alpha value is -4.59. The summed E-state index contributed by atoms with van der Waals surface area (Å²) < 4.78 is 13.9. The molecule has 154 valence electrons. The molecule has 0 aliphatic heterocycles. The van der Waals surface area contributed by atoms with Crippen LogP contribution in [0.4, 0.5) is 4.39 Å². The Labute approximate surface area is 180 Å². The van der Waals surface area contributed by atoms with Crippen molar-refractivity contribution in [3.8, 4) is 39.5 Å². The molecule has 0 radical (unpaired) electrons. The SMILES string of the molecule is Oc1cc(F)cc(-c2ccnc3[nH]c(-c4[nH]nc5ncc(-c6ccccn6)cc45)cc23)c1. The van der Waals surface area contributed by atoms with Crippen LogP contribution in [0.15, 0.2) is 73.2 Å². The van der Waals surface area contributed by atoms with Crippen molar-refractivity contribution in [1.29, 1.82) is 0 Å². The predicted octanol–water partition coefficient (Wildman–Crippen LogP) is 5.07. The van der Waals surface area contributed by atoms with Crippen LogP contribution in [0.25, 0.3) is 55.8 Å². The van der Waals surface area contributed by atoms with Crippen molar-refractivity contribution >= 4 is 22.1 Å². The zero-order valence-corrected chi connectivity index (χ0v) is 16.5. The lowest BCUT2D eigenvalue weighted by Crippen LogP contribution is -1.85. The zero-order chi connectivity index (χ0) is 21.7. The van der Waals surface area contributed by atoms with Crippen LogP contribution >= 0.6 is 0 Å². The van der Waals surface area contributed by atoms with Crippen LogP contribution in [0, 0.1) is 5.82 Å². The summed E-state index contributed by atoms with van der Waals surface area (Å²) in [7, 11) is 0. The maximum Gasteiger partial charge on any atom is 0.181 e. The summed E-state index contributed by atoms with van der Waals surface area (Å²) in [5.41, 5.74) is 5.77. The summed E-state index contributed by atoms with van der Waals surface area (Å²) in [6.45, 7) is 0. The Bertz CT molecular complexity index is 1590. The maximum atomic E-state index is 13.9. The van der Waals surface area contributed by atoms with E-state index in [4.69, 9.17) is 0 Å². The number of pyridine rings is 3. The van der Waals surface area contributed by atoms with Gasteiger partial charge in [0.05, 0.1) is 17.1 Å². The largest absolute Gasteiger partial charge is 0.508 e. The van der Waals surface area contributed by atoms with Gasteiger partial charge in [-0.3, -0.25) is 10.1 Å². The minimum Gasteiger partial charge on any atom is -0.508 e. The number of fused-ring (bicyclic) bond motifs is 2. The van der Waals surface area contributed by atoms with E-state index in [-0.39, 0.29) is 5.75 Å². The molecule has 7 nitrogen and oxygen atoms in total. The number of hydrogen-bond acceptors (Lipinski definition) is 5. The monoisotopic (exact) mass is 422 g/mol. The van der Waals surface area contributed by atoms with Crippen LogP contribution in [0.3, 0.4) is 0 Å². The number of nitrogens with one attached hydrogen (secondary N) is 2. The molecule has 1 aromatic carbocycles. The fourth-order valence-electron chi connectivity index (χ4n) is 3.92. The highest BCUT2D eigenvalue weighted by atomic mass is 19.1. The van der Waals surface area contributed by atoms with Crippen LogP contribution in [-0.4, -0.2) is 35.2 Å². The first-order valence-corrected chi connectivity index (χ1v) is 9.89. The molecule has 0 bridgehead atoms. The number of aromatic hydroxyl groups is 1. The van der Waals surface area contributed by atoms with Gasteiger partial charge in [0, 0.05) is 41.0 Å². The van der Waals surface area contributed by atoms with Crippen molar-refractivity contribution in [1.82, 2.24) is 30.1 Å². The Morgan fingerprint density at radius 3 is 2.62 bits per heavy atom. The molecule has 5 aromatic heterocycles. The van der Waals surface area contributed by atoms with E-state index < -0.39 is 5.82 Å². The second-order valence-corrected chi connectivity index (χ2v) is 7.41. The van der Waals surface area contributed by atoms with E-state index in [1.165, 1.54) is 12.1 Å². The van der Waals surface area contributed by atoms with Gasteiger partial charge in [-0.1, -0.05) is 6.07 Å². The normalized spacial score (nSPS) is 11.4. The quantitative estimate of drug-likeness (QED) is 0.369. The molecule has 0 spiro atoms. The predicted molar refractivity (Wildman–Crippen MR) is 119 cm³/mol. The molecule has 32 heavy (non-hydrogen) atoms. The zero-order valence-electron chi connectivity index (χ0n) is 16.5. The number of halogens is 1. The second kappa shape index (κ2) is 6.98. The van der Waals surface area contributed by atoms with E-state index in [0.29, 0.717) is 16.9 Å². The van der Waals surface area contributed by atoms with E-state index in [0.717, 1.165) is 45.0 Å². The third kappa shape index (κ3) is 2.97. The van der Waals surface area contributed by atoms with Gasteiger partial charge in [0.1, 0.15) is 17.2 Å². The standard InChI is InChI=1S/C24H15FN6O/c25-15-7-13(8-16(32)10-15)17-4-6-27-23-18(17)11-21(29-23)22-19-9-14(12-28-24(19)31-30-22)20-3-1-2-5-26-20/h1-12,32H,(H,27,29)(H,28,30,31). The first-order valence-electron chi connectivity index (χ1n) is 9.89. The highest BCUT2D eigenvalue weighted by Gasteiger charge is 2.16. The lowest BCUT2D eigenvalue weighted by molar-refractivity contribution is 0.469. The maximum absolute atomic E-state index is 13.9. The van der Waals surface area contributed by atoms with Crippen molar-refractivity contribution in [2.75, 3.05) is 0 Å². The lowest BCUT2D eigenvalue weighted by atomic mass is 10.0. The second-order valence-electron chi connectivity index (χ2n) is 7.41. The van der Waals surface area contributed by atoms with Crippen molar-refractivity contribution in [2.24, 2.45) is 0 Å². The molecule has 6 rings (SSSR count). The number of phenolic OH excluding ortho intramolecular Hbond substituents is 1. The first-order chi connectivity index (χ1) is 15.7. The minimum atomic E-state index is -0.506. The summed E-state index contributed by atoms with van der Waals surface area (Å²) >= 11 is 0. The Balaban J connectivity index is 1.52. The lowest BCUT2D eigenvalue weighted by Gasteiger charge is -2.04. The average Bonchev–Trinajstić information content (AvgIpc) is 3.42. The van der Waals surface area contributed by atoms with Gasteiger partial charge in [0.25, 0.3) is 0 Å². The van der Waals surface area contributed by atoms with Crippen LogP contribution in [-0.2, 0) is 0 Å². The minimum absolute atomic E-state index is 0.131. The molecule has 5 heterocycles. The molecule has 0 amide bonds. The molecule has 0 fully saturated rings. The van der Waals surface area contributed by atoms with Gasteiger partial charge in [-0.25, -0.2) is 14.4 Å². The van der Waals surface area contributed by atoms with Gasteiger partial charge in [-0.05, 0) is 53.6 Å². The summed E-state index contributed by atoms with van der Waals surface area (Å²) in [4.78, 5) is 16.6. The number of aromatic amines is 2. The number of aromatic nitrogens is 6. The summed E-state index contributed by atoms with van der Waals surface area (Å²) in [5.74, 6) is -0.637. The number of phenols is 1. The smallest absolute Gasteiger partial charge is 0.181 e. The third-order valence-corrected chi connectivity index (χ3v) is 5.37. The molecule has 0 saturated carbocycles. The van der Waals surface area contributed by atoms with Crippen LogP contribution < -0.4 is 0 Å². The highest BCUT2D eigenvalue weighted by molar-refractivity contribution is 5.99. The van der Waals surface area contributed by atoms with Crippen molar-refractivity contribution in [3.05, 3.63) is 79.0 Å². The van der Waals surface area contributed by atoms with E-state index in [1.54, 1.807) is 24.7 Å². The van der Waals surface area contributed by atoms with Gasteiger partial charge in [-0.15, -0.1) is 0 Å². The molecule has 0 aliphatic carbocycles. The average molecular weight is 422 g/mol. The topological polar surface area (TPSA) is 103 Å². The molecule has 0 atom stereocenters. The van der Waals surface area contributed by atoms with Gasteiger partial charge in [0.2, 0.25) is 0 Å². The van der Waals surface area contributed by atoms with Crippen LogP contribution in [0.1, 0.15) is 0 Å². The van der Waals surface area contributed by atoms with E-state index in [2.05, 4.69) is 30.1 Å². The molecular weight excluding hydrogens is 407 g/mol. The molecule has 0 saturated heterocycles. The highest BCUT2D eigenvalue weighted by Crippen LogP contribution is 2.35. The Morgan fingerprint density at radius 1 is 0.844 bits per heavy atom. The Morgan fingerprint density at radius 2 is 1.78 bits per heavy atom. The molecule has 3 N–H and O–H groups in total. The summed E-state index contributed by atoms with van der Waals surface area (Å²) in [6, 6.07) is 15.4. The third-order valence-electron chi connectivity index (χ3n) is 5.37. The summed E-state index contributed by atoms with van der Waals surface area (Å²) in [6.07, 6.45) is 5.13. The fourth-order valence-corrected chi connectivity index (χ4v) is 3.92. The van der Waals surface area contributed by atoms with Crippen LogP contribution in [0.5, 0.6) is 5.75 Å². The number of nitrogens with zero attached hydrogens (tertiary/aromatic N) is 4. The van der Waals surface area contributed by atoms with E-state index >= 15 is 0 Å². The number of benzene rings is 1. The number of rotatable bonds is 3. The number of H-pyrrole nitrogens is 2. The number of hydrogen-bond donors (Lipinski definition) is 3. The molecular formula is C24H15FN6O. The summed E-state index contributed by atoms with van der Waals surface area (Å²) in [5, 5.41) is 18.8.